The van der Waals surface area contributed by atoms with Crippen molar-refractivity contribution in [2.75, 3.05) is 11.5 Å². The average molecular weight is 349 g/mol. The molecular weight excluding hydrogens is 333 g/mol. The summed E-state index contributed by atoms with van der Waals surface area (Å²) in [4.78, 5) is 11.8. The van der Waals surface area contributed by atoms with Crippen LogP contribution in [0.15, 0.2) is 24.3 Å². The number of rotatable bonds is 5. The Kier molecular flexibility index (Phi) is 6.20. The molecule has 16 heavy (non-hydrogen) atoms. The minimum atomic E-state index is 0.0144. The lowest BCUT2D eigenvalue weighted by Gasteiger charge is -2.13. The van der Waals surface area contributed by atoms with E-state index in [4.69, 9.17) is 0 Å². The van der Waals surface area contributed by atoms with Gasteiger partial charge >= 0.3 is 0 Å². The van der Waals surface area contributed by atoms with Crippen LogP contribution in [0.4, 0.5) is 0 Å². The number of amides is 1. The van der Waals surface area contributed by atoms with E-state index in [9.17, 15) is 4.79 Å². The summed E-state index contributed by atoms with van der Waals surface area (Å²) >= 11 is 4.07. The van der Waals surface area contributed by atoms with Gasteiger partial charge in [-0.15, -0.1) is 0 Å². The Labute approximate surface area is 115 Å². The Bertz CT molecular complexity index is 339. The first-order valence-electron chi connectivity index (χ1n) is 5.27. The van der Waals surface area contributed by atoms with Crippen molar-refractivity contribution in [3.05, 3.63) is 33.4 Å². The molecule has 88 valence electrons. The predicted molar refractivity (Wildman–Crippen MR) is 79.1 cm³/mol. The third kappa shape index (κ3) is 4.74. The summed E-state index contributed by atoms with van der Waals surface area (Å²) in [5.74, 6) is 2.07. The van der Waals surface area contributed by atoms with E-state index >= 15 is 0 Å². The molecule has 0 aromatic heterocycles. The van der Waals surface area contributed by atoms with Crippen molar-refractivity contribution in [1.29, 1.82) is 0 Å². The minimum absolute atomic E-state index is 0.0144. The van der Waals surface area contributed by atoms with Crippen molar-refractivity contribution < 1.29 is 4.79 Å². The Morgan fingerprint density at radius 1 is 1.44 bits per heavy atom. The van der Waals surface area contributed by atoms with Gasteiger partial charge in [0.15, 0.2) is 0 Å². The lowest BCUT2D eigenvalue weighted by molar-refractivity contribution is 0.0944. The maximum Gasteiger partial charge on any atom is 0.251 e. The SMILES string of the molecule is CCSCC(C)NC(=O)c1ccc(I)cc1. The molecule has 1 amide bonds. The van der Waals surface area contributed by atoms with E-state index in [0.717, 1.165) is 20.6 Å². The fourth-order valence-corrected chi connectivity index (χ4v) is 2.28. The fourth-order valence-electron chi connectivity index (χ4n) is 1.24. The molecule has 1 atom stereocenters. The van der Waals surface area contributed by atoms with E-state index < -0.39 is 0 Å². The van der Waals surface area contributed by atoms with Crippen molar-refractivity contribution in [2.45, 2.75) is 19.9 Å². The van der Waals surface area contributed by atoms with Gasteiger partial charge in [0.2, 0.25) is 0 Å². The lowest BCUT2D eigenvalue weighted by Crippen LogP contribution is -2.34. The number of carbonyl (C=O) groups is 1. The van der Waals surface area contributed by atoms with Crippen LogP contribution >= 0.6 is 34.4 Å². The van der Waals surface area contributed by atoms with Crippen molar-refractivity contribution in [2.24, 2.45) is 0 Å². The van der Waals surface area contributed by atoms with E-state index in [1.807, 2.05) is 43.0 Å². The summed E-state index contributed by atoms with van der Waals surface area (Å²) < 4.78 is 1.14. The first kappa shape index (κ1) is 13.8. The summed E-state index contributed by atoms with van der Waals surface area (Å²) in [5, 5.41) is 2.99. The molecule has 0 fully saturated rings. The van der Waals surface area contributed by atoms with E-state index in [0.29, 0.717) is 0 Å². The van der Waals surface area contributed by atoms with E-state index in [2.05, 4.69) is 34.8 Å². The molecule has 4 heteroatoms. The Morgan fingerprint density at radius 2 is 2.06 bits per heavy atom. The van der Waals surface area contributed by atoms with Crippen LogP contribution < -0.4 is 5.32 Å². The molecule has 1 rings (SSSR count). The third-order valence-corrected chi connectivity index (χ3v) is 3.92. The quantitative estimate of drug-likeness (QED) is 0.828. The number of thioether (sulfide) groups is 1. The van der Waals surface area contributed by atoms with Crippen molar-refractivity contribution >= 4 is 40.3 Å². The maximum atomic E-state index is 11.8. The first-order valence-corrected chi connectivity index (χ1v) is 7.51. The molecule has 1 N–H and O–H groups in total. The van der Waals surface area contributed by atoms with Crippen molar-refractivity contribution in [3.63, 3.8) is 0 Å². The van der Waals surface area contributed by atoms with Gasteiger partial charge < -0.3 is 5.32 Å². The van der Waals surface area contributed by atoms with Gasteiger partial charge in [0, 0.05) is 20.9 Å². The second-order valence-electron chi connectivity index (χ2n) is 3.54. The summed E-state index contributed by atoms with van der Waals surface area (Å²) in [6, 6.07) is 7.83. The number of hydrogen-bond acceptors (Lipinski definition) is 2. The highest BCUT2D eigenvalue weighted by Gasteiger charge is 2.08. The largest absolute Gasteiger partial charge is 0.349 e. The van der Waals surface area contributed by atoms with E-state index in [-0.39, 0.29) is 11.9 Å². The van der Waals surface area contributed by atoms with Crippen LogP contribution in [0.25, 0.3) is 0 Å². The molecule has 2 nitrogen and oxygen atoms in total. The van der Waals surface area contributed by atoms with Gasteiger partial charge in [-0.2, -0.15) is 11.8 Å². The Balaban J connectivity index is 2.48. The molecule has 0 aliphatic rings. The number of nitrogens with one attached hydrogen (secondary N) is 1. The molecule has 0 aliphatic carbocycles. The van der Waals surface area contributed by atoms with Crippen LogP contribution in [-0.4, -0.2) is 23.5 Å². The van der Waals surface area contributed by atoms with Crippen LogP contribution in [0.5, 0.6) is 0 Å². The molecule has 0 saturated heterocycles. The number of hydrogen-bond donors (Lipinski definition) is 1. The zero-order valence-corrected chi connectivity index (χ0v) is 12.5. The van der Waals surface area contributed by atoms with Crippen LogP contribution in [-0.2, 0) is 0 Å². The second kappa shape index (κ2) is 7.17. The summed E-state index contributed by atoms with van der Waals surface area (Å²) in [6.07, 6.45) is 0. The molecule has 0 heterocycles. The third-order valence-electron chi connectivity index (χ3n) is 2.06. The highest BCUT2D eigenvalue weighted by Crippen LogP contribution is 2.07. The van der Waals surface area contributed by atoms with Gasteiger partial charge in [0.1, 0.15) is 0 Å². The molecule has 1 aromatic carbocycles. The highest BCUT2D eigenvalue weighted by molar-refractivity contribution is 14.1. The second-order valence-corrected chi connectivity index (χ2v) is 6.11. The minimum Gasteiger partial charge on any atom is -0.349 e. The van der Waals surface area contributed by atoms with Gasteiger partial charge in [-0.3, -0.25) is 4.79 Å². The van der Waals surface area contributed by atoms with Gasteiger partial charge in [-0.25, -0.2) is 0 Å². The average Bonchev–Trinajstić information content (AvgIpc) is 2.27. The first-order chi connectivity index (χ1) is 7.63. The van der Waals surface area contributed by atoms with E-state index in [1.54, 1.807) is 0 Å². The molecule has 0 aliphatic heterocycles. The van der Waals surface area contributed by atoms with Gasteiger partial charge in [0.05, 0.1) is 0 Å². The standard InChI is InChI=1S/C12H16INOS/c1-3-16-8-9(2)14-12(15)10-4-6-11(13)7-5-10/h4-7,9H,3,8H2,1-2H3,(H,14,15). The molecule has 1 aromatic rings. The number of carbonyl (C=O) groups excluding carboxylic acids is 1. The molecule has 0 spiro atoms. The van der Waals surface area contributed by atoms with Crippen LogP contribution in [0, 0.1) is 3.57 Å². The topological polar surface area (TPSA) is 29.1 Å². The van der Waals surface area contributed by atoms with E-state index in [1.165, 1.54) is 0 Å². The zero-order chi connectivity index (χ0) is 12.0. The highest BCUT2D eigenvalue weighted by atomic mass is 127. The molecule has 0 radical (unpaired) electrons. The van der Waals surface area contributed by atoms with Gasteiger partial charge in [-0.1, -0.05) is 6.92 Å². The van der Waals surface area contributed by atoms with Crippen molar-refractivity contribution in [3.8, 4) is 0 Å². The predicted octanol–water partition coefficient (Wildman–Crippen LogP) is 3.16. The van der Waals surface area contributed by atoms with Gasteiger partial charge in [0.25, 0.3) is 5.91 Å². The summed E-state index contributed by atoms with van der Waals surface area (Å²) in [7, 11) is 0. The molecule has 0 bridgehead atoms. The van der Waals surface area contributed by atoms with Crippen LogP contribution in [0.3, 0.4) is 0 Å². The number of halogens is 1. The zero-order valence-electron chi connectivity index (χ0n) is 9.50. The molecule has 1 unspecified atom stereocenters. The monoisotopic (exact) mass is 349 g/mol. The van der Waals surface area contributed by atoms with Crippen LogP contribution in [0.1, 0.15) is 24.2 Å². The molecular formula is C12H16INOS. The molecule has 0 saturated carbocycles. The fraction of sp³-hybridized carbons (Fsp3) is 0.417. The lowest BCUT2D eigenvalue weighted by atomic mass is 10.2. The smallest absolute Gasteiger partial charge is 0.251 e. The van der Waals surface area contributed by atoms with Crippen LogP contribution in [0.2, 0.25) is 0 Å². The Morgan fingerprint density at radius 3 is 2.62 bits per heavy atom. The van der Waals surface area contributed by atoms with Gasteiger partial charge in [-0.05, 0) is 59.5 Å². The summed E-state index contributed by atoms with van der Waals surface area (Å²) in [5.41, 5.74) is 0.730. The Hall–Kier alpha value is -0.230. The summed E-state index contributed by atoms with van der Waals surface area (Å²) in [6.45, 7) is 4.16. The van der Waals surface area contributed by atoms with Crippen molar-refractivity contribution in [1.82, 2.24) is 5.32 Å². The maximum absolute atomic E-state index is 11.8. The number of benzene rings is 1. The normalized spacial score (nSPS) is 12.2.